The zero-order chi connectivity index (χ0) is 9.84. The zero-order valence-electron chi connectivity index (χ0n) is 7.26. The highest BCUT2D eigenvalue weighted by molar-refractivity contribution is 8.00. The summed E-state index contributed by atoms with van der Waals surface area (Å²) >= 11 is 1.43. The van der Waals surface area contributed by atoms with Crippen molar-refractivity contribution in [2.24, 2.45) is 5.73 Å². The average Bonchev–Trinajstić information content (AvgIpc) is 2.11. The molecule has 2 N–H and O–H groups in total. The lowest BCUT2D eigenvalue weighted by molar-refractivity contribution is 0.506. The SMILES string of the molecule is CC(CN)Sc1ccc(F)c(F)c1. The molecule has 0 fully saturated rings. The first-order valence-electron chi connectivity index (χ1n) is 3.95. The Kier molecular flexibility index (Phi) is 3.69. The van der Waals surface area contributed by atoms with E-state index in [0.29, 0.717) is 11.4 Å². The number of halogens is 2. The maximum absolute atomic E-state index is 12.7. The largest absolute Gasteiger partial charge is 0.329 e. The molecule has 0 spiro atoms. The number of thioether (sulfide) groups is 1. The summed E-state index contributed by atoms with van der Waals surface area (Å²) in [5.74, 6) is -1.63. The lowest BCUT2D eigenvalue weighted by Gasteiger charge is -2.07. The van der Waals surface area contributed by atoms with Gasteiger partial charge in [0.05, 0.1) is 0 Å². The van der Waals surface area contributed by atoms with Crippen molar-refractivity contribution in [3.63, 3.8) is 0 Å². The van der Waals surface area contributed by atoms with Gasteiger partial charge < -0.3 is 5.73 Å². The van der Waals surface area contributed by atoms with Crippen LogP contribution in [0.1, 0.15) is 6.92 Å². The molecule has 1 aromatic rings. The summed E-state index contributed by atoms with van der Waals surface area (Å²) in [6.07, 6.45) is 0. The second-order valence-corrected chi connectivity index (χ2v) is 4.25. The summed E-state index contributed by atoms with van der Waals surface area (Å²) in [6.45, 7) is 2.45. The normalized spacial score (nSPS) is 12.9. The van der Waals surface area contributed by atoms with Gasteiger partial charge in [-0.1, -0.05) is 6.92 Å². The number of benzene rings is 1. The Hall–Kier alpha value is -0.610. The van der Waals surface area contributed by atoms with Crippen LogP contribution in [-0.4, -0.2) is 11.8 Å². The van der Waals surface area contributed by atoms with E-state index in [1.807, 2.05) is 6.92 Å². The highest BCUT2D eigenvalue weighted by atomic mass is 32.2. The maximum Gasteiger partial charge on any atom is 0.159 e. The molecule has 0 aromatic heterocycles. The number of hydrogen-bond acceptors (Lipinski definition) is 2. The molecule has 0 saturated heterocycles. The molecule has 13 heavy (non-hydrogen) atoms. The van der Waals surface area contributed by atoms with Crippen LogP contribution in [-0.2, 0) is 0 Å². The third kappa shape index (κ3) is 2.97. The van der Waals surface area contributed by atoms with E-state index in [2.05, 4.69) is 0 Å². The molecule has 0 bridgehead atoms. The monoisotopic (exact) mass is 203 g/mol. The number of hydrogen-bond donors (Lipinski definition) is 1. The lowest BCUT2D eigenvalue weighted by Crippen LogP contribution is -2.12. The highest BCUT2D eigenvalue weighted by Gasteiger charge is 2.05. The third-order valence-corrected chi connectivity index (χ3v) is 2.68. The Morgan fingerprint density at radius 1 is 1.38 bits per heavy atom. The molecule has 0 amide bonds. The van der Waals surface area contributed by atoms with Crippen molar-refractivity contribution in [3.8, 4) is 0 Å². The Labute approximate surface area is 80.3 Å². The van der Waals surface area contributed by atoms with Crippen LogP contribution in [0.2, 0.25) is 0 Å². The fourth-order valence-electron chi connectivity index (χ4n) is 0.831. The maximum atomic E-state index is 12.7. The van der Waals surface area contributed by atoms with Gasteiger partial charge in [-0.15, -0.1) is 11.8 Å². The van der Waals surface area contributed by atoms with Gasteiger partial charge in [-0.25, -0.2) is 8.78 Å². The average molecular weight is 203 g/mol. The van der Waals surface area contributed by atoms with Crippen molar-refractivity contribution >= 4 is 11.8 Å². The summed E-state index contributed by atoms with van der Waals surface area (Å²) in [5, 5.41) is 0.213. The fraction of sp³-hybridized carbons (Fsp3) is 0.333. The Balaban J connectivity index is 2.73. The molecule has 0 saturated carbocycles. The van der Waals surface area contributed by atoms with Crippen molar-refractivity contribution in [2.75, 3.05) is 6.54 Å². The van der Waals surface area contributed by atoms with Crippen LogP contribution >= 0.6 is 11.8 Å². The van der Waals surface area contributed by atoms with Crippen LogP contribution in [0.15, 0.2) is 23.1 Å². The molecule has 0 heterocycles. The molecule has 1 atom stereocenters. The minimum atomic E-state index is -0.815. The molecule has 1 rings (SSSR count). The van der Waals surface area contributed by atoms with Gasteiger partial charge in [-0.3, -0.25) is 0 Å². The summed E-state index contributed by atoms with van der Waals surface area (Å²) in [7, 11) is 0. The Bertz CT molecular complexity index is 291. The smallest absolute Gasteiger partial charge is 0.159 e. The number of nitrogens with two attached hydrogens (primary N) is 1. The molecule has 0 aliphatic carbocycles. The van der Waals surface area contributed by atoms with E-state index in [1.165, 1.54) is 17.8 Å². The standard InChI is InChI=1S/C9H11F2NS/c1-6(5-12)13-7-2-3-8(10)9(11)4-7/h2-4,6H,5,12H2,1H3. The van der Waals surface area contributed by atoms with Crippen molar-refractivity contribution < 1.29 is 8.78 Å². The van der Waals surface area contributed by atoms with Gasteiger partial charge in [0.15, 0.2) is 11.6 Å². The van der Waals surface area contributed by atoms with E-state index in [4.69, 9.17) is 5.73 Å². The first kappa shape index (κ1) is 10.5. The second kappa shape index (κ2) is 4.58. The third-order valence-electron chi connectivity index (χ3n) is 1.56. The Morgan fingerprint density at radius 3 is 2.62 bits per heavy atom. The molecule has 0 aliphatic heterocycles. The van der Waals surface area contributed by atoms with Gasteiger partial charge in [-0.2, -0.15) is 0 Å². The van der Waals surface area contributed by atoms with Crippen molar-refractivity contribution in [3.05, 3.63) is 29.8 Å². The van der Waals surface area contributed by atoms with Crippen LogP contribution in [0.5, 0.6) is 0 Å². The molecule has 0 aliphatic rings. The van der Waals surface area contributed by atoms with Gasteiger partial charge in [0, 0.05) is 16.7 Å². The van der Waals surface area contributed by atoms with Gasteiger partial charge >= 0.3 is 0 Å². The molecule has 72 valence electrons. The zero-order valence-corrected chi connectivity index (χ0v) is 8.07. The summed E-state index contributed by atoms with van der Waals surface area (Å²) in [4.78, 5) is 0.705. The second-order valence-electron chi connectivity index (χ2n) is 2.74. The fourth-order valence-corrected chi connectivity index (χ4v) is 1.71. The van der Waals surface area contributed by atoms with Gasteiger partial charge in [0.2, 0.25) is 0 Å². The first-order chi connectivity index (χ1) is 6.13. The minimum Gasteiger partial charge on any atom is -0.329 e. The van der Waals surface area contributed by atoms with Gasteiger partial charge in [0.1, 0.15) is 0 Å². The molecule has 1 aromatic carbocycles. The molecule has 4 heteroatoms. The van der Waals surface area contributed by atoms with E-state index in [0.717, 1.165) is 6.07 Å². The van der Waals surface area contributed by atoms with Gasteiger partial charge in [-0.05, 0) is 18.2 Å². The summed E-state index contributed by atoms with van der Waals surface area (Å²) in [6, 6.07) is 3.86. The first-order valence-corrected chi connectivity index (χ1v) is 4.83. The minimum absolute atomic E-state index is 0.213. The predicted octanol–water partition coefficient (Wildman–Crippen LogP) is 2.40. The molecular weight excluding hydrogens is 192 g/mol. The van der Waals surface area contributed by atoms with Gasteiger partial charge in [0.25, 0.3) is 0 Å². The van der Waals surface area contributed by atoms with E-state index in [-0.39, 0.29) is 5.25 Å². The molecule has 1 nitrogen and oxygen atoms in total. The quantitative estimate of drug-likeness (QED) is 0.763. The Morgan fingerprint density at radius 2 is 2.08 bits per heavy atom. The van der Waals surface area contributed by atoms with Crippen molar-refractivity contribution in [2.45, 2.75) is 17.1 Å². The van der Waals surface area contributed by atoms with Crippen LogP contribution < -0.4 is 5.73 Å². The van der Waals surface area contributed by atoms with Crippen LogP contribution in [0, 0.1) is 11.6 Å². The predicted molar refractivity (Wildman–Crippen MR) is 50.7 cm³/mol. The van der Waals surface area contributed by atoms with Crippen molar-refractivity contribution in [1.82, 2.24) is 0 Å². The summed E-state index contributed by atoms with van der Waals surface area (Å²) in [5.41, 5.74) is 5.40. The molecular formula is C9H11F2NS. The lowest BCUT2D eigenvalue weighted by atomic mass is 10.3. The van der Waals surface area contributed by atoms with E-state index < -0.39 is 11.6 Å². The summed E-state index contributed by atoms with van der Waals surface area (Å²) < 4.78 is 25.2. The van der Waals surface area contributed by atoms with E-state index >= 15 is 0 Å². The number of rotatable bonds is 3. The van der Waals surface area contributed by atoms with Crippen LogP contribution in [0.4, 0.5) is 8.78 Å². The van der Waals surface area contributed by atoms with Crippen LogP contribution in [0.3, 0.4) is 0 Å². The van der Waals surface area contributed by atoms with Crippen LogP contribution in [0.25, 0.3) is 0 Å². The highest BCUT2D eigenvalue weighted by Crippen LogP contribution is 2.23. The van der Waals surface area contributed by atoms with E-state index in [1.54, 1.807) is 6.07 Å². The van der Waals surface area contributed by atoms with E-state index in [9.17, 15) is 8.78 Å². The topological polar surface area (TPSA) is 26.0 Å². The van der Waals surface area contributed by atoms with Crippen molar-refractivity contribution in [1.29, 1.82) is 0 Å². The molecule has 1 unspecified atom stereocenters. The molecule has 0 radical (unpaired) electrons.